The lowest BCUT2D eigenvalue weighted by Crippen LogP contribution is -2.25. The lowest BCUT2D eigenvalue weighted by Gasteiger charge is -2.22. The summed E-state index contributed by atoms with van der Waals surface area (Å²) in [7, 11) is 2.18. The number of ether oxygens (including phenoxy) is 1. The number of hydrogen-bond acceptors (Lipinski definition) is 6. The van der Waals surface area contributed by atoms with Crippen LogP contribution in [0.3, 0.4) is 0 Å². The third kappa shape index (κ3) is 3.30. The van der Waals surface area contributed by atoms with Crippen LogP contribution in [0.25, 0.3) is 0 Å². The fourth-order valence-corrected chi connectivity index (χ4v) is 4.31. The summed E-state index contributed by atoms with van der Waals surface area (Å²) in [4.78, 5) is 12.0. The van der Waals surface area contributed by atoms with Crippen molar-refractivity contribution in [1.82, 2.24) is 24.6 Å². The predicted octanol–water partition coefficient (Wildman–Crippen LogP) is 3.12. The van der Waals surface area contributed by atoms with Gasteiger partial charge < -0.3 is 13.8 Å². The molecule has 1 fully saturated rings. The Labute approximate surface area is 154 Å². The van der Waals surface area contributed by atoms with Crippen LogP contribution in [0, 0.1) is 0 Å². The molecule has 1 saturated heterocycles. The van der Waals surface area contributed by atoms with Crippen LogP contribution in [0.2, 0.25) is 0 Å². The Balaban J connectivity index is 1.50. The van der Waals surface area contributed by atoms with Gasteiger partial charge in [-0.15, -0.1) is 0 Å². The number of aryl methyl sites for hydroxylation is 1. The average molecular weight is 359 g/mol. The Morgan fingerprint density at radius 2 is 2.08 bits per heavy atom. The molecule has 1 aliphatic heterocycles. The quantitative estimate of drug-likeness (QED) is 0.789. The van der Waals surface area contributed by atoms with Gasteiger partial charge in [0.1, 0.15) is 11.9 Å². The molecule has 1 aliphatic carbocycles. The second-order valence-corrected chi connectivity index (χ2v) is 7.40. The smallest absolute Gasteiger partial charge is 0.240 e. The molecule has 26 heavy (non-hydrogen) atoms. The van der Waals surface area contributed by atoms with Crippen LogP contribution in [0.1, 0.15) is 80.6 Å². The lowest BCUT2D eigenvalue weighted by atomic mass is 10.0. The van der Waals surface area contributed by atoms with Crippen molar-refractivity contribution in [3.63, 3.8) is 0 Å². The number of rotatable bonds is 6. The molecule has 7 heteroatoms. The van der Waals surface area contributed by atoms with Crippen molar-refractivity contribution in [1.29, 1.82) is 0 Å². The topological polar surface area (TPSA) is 69.2 Å². The summed E-state index contributed by atoms with van der Waals surface area (Å²) < 4.78 is 13.4. The van der Waals surface area contributed by atoms with Crippen molar-refractivity contribution in [2.24, 2.45) is 7.05 Å². The van der Waals surface area contributed by atoms with E-state index in [0.29, 0.717) is 30.9 Å². The summed E-state index contributed by atoms with van der Waals surface area (Å²) in [6, 6.07) is 0.338. The number of likely N-dealkylation sites (tertiary alicyclic amines) is 1. The van der Waals surface area contributed by atoms with Crippen LogP contribution in [-0.4, -0.2) is 37.7 Å². The van der Waals surface area contributed by atoms with Gasteiger partial charge in [0.25, 0.3) is 0 Å². The van der Waals surface area contributed by atoms with Crippen LogP contribution in [-0.2, 0) is 31.2 Å². The summed E-state index contributed by atoms with van der Waals surface area (Å²) >= 11 is 0. The minimum atomic E-state index is -0.131. The fraction of sp³-hybridized carbons (Fsp3) is 0.737. The fourth-order valence-electron chi connectivity index (χ4n) is 4.31. The van der Waals surface area contributed by atoms with Crippen molar-refractivity contribution in [3.8, 4) is 0 Å². The second kappa shape index (κ2) is 7.48. The van der Waals surface area contributed by atoms with E-state index in [0.717, 1.165) is 25.8 Å². The maximum atomic E-state index is 5.55. The summed E-state index contributed by atoms with van der Waals surface area (Å²) in [5.41, 5.74) is 2.75. The minimum Gasteiger partial charge on any atom is -0.371 e. The third-order valence-corrected chi connectivity index (χ3v) is 5.67. The largest absolute Gasteiger partial charge is 0.371 e. The van der Waals surface area contributed by atoms with E-state index < -0.39 is 0 Å². The average Bonchev–Trinajstić information content (AvgIpc) is 3.36. The van der Waals surface area contributed by atoms with E-state index in [2.05, 4.69) is 26.7 Å². The molecule has 142 valence electrons. The second-order valence-electron chi connectivity index (χ2n) is 7.40. The highest BCUT2D eigenvalue weighted by Gasteiger charge is 2.32. The van der Waals surface area contributed by atoms with E-state index in [1.807, 2.05) is 13.8 Å². The maximum absolute atomic E-state index is 5.55. The van der Waals surface area contributed by atoms with E-state index >= 15 is 0 Å². The molecule has 0 amide bonds. The molecule has 4 rings (SSSR count). The molecule has 0 unspecified atom stereocenters. The minimum absolute atomic E-state index is 0.131. The standard InChI is InChI=1S/C19H29N5O2/c1-4-25-13(2)18-21-17(26-22-18)12-24-11-7-10-16(24)19-20-14-8-5-6-9-15(14)23(19)3/h13,16H,4-12H2,1-3H3/t13-,16-/m0/s1. The number of imidazole rings is 1. The molecular weight excluding hydrogens is 330 g/mol. The molecule has 2 atom stereocenters. The number of hydrogen-bond donors (Lipinski definition) is 0. The van der Waals surface area contributed by atoms with Crippen LogP contribution in [0.5, 0.6) is 0 Å². The predicted molar refractivity (Wildman–Crippen MR) is 96.6 cm³/mol. The van der Waals surface area contributed by atoms with E-state index in [1.165, 1.54) is 36.5 Å². The zero-order valence-corrected chi connectivity index (χ0v) is 16.1. The lowest BCUT2D eigenvalue weighted by molar-refractivity contribution is 0.0683. The highest BCUT2D eigenvalue weighted by Crippen LogP contribution is 2.34. The molecule has 0 radical (unpaired) electrons. The van der Waals surface area contributed by atoms with Gasteiger partial charge in [0.05, 0.1) is 18.3 Å². The normalized spacial score (nSPS) is 21.9. The van der Waals surface area contributed by atoms with Gasteiger partial charge in [0.2, 0.25) is 5.89 Å². The monoisotopic (exact) mass is 359 g/mol. The SMILES string of the molecule is CCO[C@@H](C)c1noc(CN2CCC[C@H]2c2nc3c(n2C)CCCC3)n1. The zero-order chi connectivity index (χ0) is 18.1. The molecule has 7 nitrogen and oxygen atoms in total. The van der Waals surface area contributed by atoms with Crippen molar-refractivity contribution in [2.75, 3.05) is 13.2 Å². The van der Waals surface area contributed by atoms with E-state index in [-0.39, 0.29) is 6.10 Å². The maximum Gasteiger partial charge on any atom is 0.240 e. The molecular formula is C19H29N5O2. The van der Waals surface area contributed by atoms with Gasteiger partial charge in [-0.1, -0.05) is 5.16 Å². The molecule has 2 aromatic rings. The van der Waals surface area contributed by atoms with Crippen molar-refractivity contribution in [3.05, 3.63) is 28.9 Å². The zero-order valence-electron chi connectivity index (χ0n) is 16.1. The molecule has 0 bridgehead atoms. The number of fused-ring (bicyclic) bond motifs is 1. The summed E-state index contributed by atoms with van der Waals surface area (Å²) in [5, 5.41) is 4.09. The molecule has 3 heterocycles. The highest BCUT2D eigenvalue weighted by molar-refractivity contribution is 5.22. The van der Waals surface area contributed by atoms with Gasteiger partial charge in [-0.05, 0) is 58.9 Å². The molecule has 2 aliphatic rings. The van der Waals surface area contributed by atoms with E-state index in [4.69, 9.17) is 14.2 Å². The Bertz CT molecular complexity index is 753. The Hall–Kier alpha value is -1.73. The first kappa shape index (κ1) is 17.7. The van der Waals surface area contributed by atoms with Gasteiger partial charge in [0.15, 0.2) is 5.82 Å². The Morgan fingerprint density at radius 1 is 1.23 bits per heavy atom. The summed E-state index contributed by atoms with van der Waals surface area (Å²) in [6.07, 6.45) is 7.02. The molecule has 2 aromatic heterocycles. The van der Waals surface area contributed by atoms with Crippen LogP contribution in [0.15, 0.2) is 4.52 Å². The molecule has 0 saturated carbocycles. The Morgan fingerprint density at radius 3 is 2.88 bits per heavy atom. The first-order valence-electron chi connectivity index (χ1n) is 9.89. The third-order valence-electron chi connectivity index (χ3n) is 5.67. The van der Waals surface area contributed by atoms with Gasteiger partial charge in [-0.3, -0.25) is 4.90 Å². The van der Waals surface area contributed by atoms with Gasteiger partial charge in [-0.2, -0.15) is 4.98 Å². The van der Waals surface area contributed by atoms with Crippen LogP contribution < -0.4 is 0 Å². The summed E-state index contributed by atoms with van der Waals surface area (Å²) in [6.45, 7) is 6.28. The van der Waals surface area contributed by atoms with Crippen LogP contribution >= 0.6 is 0 Å². The van der Waals surface area contributed by atoms with Gasteiger partial charge in [0, 0.05) is 19.3 Å². The van der Waals surface area contributed by atoms with Crippen LogP contribution in [0.4, 0.5) is 0 Å². The summed E-state index contributed by atoms with van der Waals surface area (Å²) in [5.74, 6) is 2.50. The molecule has 0 aromatic carbocycles. The number of nitrogens with zero attached hydrogens (tertiary/aromatic N) is 5. The molecule has 0 spiro atoms. The highest BCUT2D eigenvalue weighted by atomic mass is 16.5. The van der Waals surface area contributed by atoms with Crippen molar-refractivity contribution < 1.29 is 9.26 Å². The first-order chi connectivity index (χ1) is 12.7. The van der Waals surface area contributed by atoms with Gasteiger partial charge >= 0.3 is 0 Å². The van der Waals surface area contributed by atoms with Gasteiger partial charge in [-0.25, -0.2) is 4.98 Å². The van der Waals surface area contributed by atoms with Crippen molar-refractivity contribution in [2.45, 2.75) is 71.1 Å². The van der Waals surface area contributed by atoms with E-state index in [1.54, 1.807) is 0 Å². The molecule has 0 N–H and O–H groups in total. The van der Waals surface area contributed by atoms with Crippen molar-refractivity contribution >= 4 is 0 Å². The van der Waals surface area contributed by atoms with E-state index in [9.17, 15) is 0 Å². The number of aromatic nitrogens is 4. The Kier molecular flexibility index (Phi) is 5.09. The first-order valence-corrected chi connectivity index (χ1v) is 9.89.